The topological polar surface area (TPSA) is 92.8 Å². The summed E-state index contributed by atoms with van der Waals surface area (Å²) >= 11 is 0. The number of halogens is 1. The maximum atomic E-state index is 13.0. The van der Waals surface area contributed by atoms with Gasteiger partial charge in [-0.2, -0.15) is 0 Å². The molecule has 0 radical (unpaired) electrons. The molecule has 3 rings (SSSR count). The molecule has 0 saturated heterocycles. The molecule has 3 aromatic rings. The highest BCUT2D eigenvalue weighted by molar-refractivity contribution is 7.92. The van der Waals surface area contributed by atoms with Crippen molar-refractivity contribution in [3.8, 4) is 0 Å². The van der Waals surface area contributed by atoms with Crippen LogP contribution in [0.5, 0.6) is 0 Å². The van der Waals surface area contributed by atoms with Gasteiger partial charge in [0, 0.05) is 7.05 Å². The van der Waals surface area contributed by atoms with Gasteiger partial charge in [0.2, 0.25) is 0 Å². The maximum Gasteiger partial charge on any atom is 0.338 e. The Morgan fingerprint density at radius 2 is 1.68 bits per heavy atom. The summed E-state index contributed by atoms with van der Waals surface area (Å²) in [7, 11) is -2.49. The van der Waals surface area contributed by atoms with Crippen molar-refractivity contribution in [1.29, 1.82) is 0 Å². The zero-order valence-corrected chi connectivity index (χ0v) is 19.8. The van der Waals surface area contributed by atoms with E-state index >= 15 is 0 Å². The van der Waals surface area contributed by atoms with Gasteiger partial charge in [-0.3, -0.25) is 9.10 Å². The van der Waals surface area contributed by atoms with Gasteiger partial charge >= 0.3 is 5.97 Å². The molecule has 1 amide bonds. The zero-order chi connectivity index (χ0) is 24.9. The van der Waals surface area contributed by atoms with E-state index in [-0.39, 0.29) is 16.3 Å². The van der Waals surface area contributed by atoms with Gasteiger partial charge in [-0.05, 0) is 61.9 Å². The van der Waals surface area contributed by atoms with E-state index < -0.39 is 34.5 Å². The molecule has 178 valence electrons. The number of benzene rings is 3. The van der Waals surface area contributed by atoms with Crippen LogP contribution < -0.4 is 9.62 Å². The van der Waals surface area contributed by atoms with Crippen LogP contribution in [0, 0.1) is 12.7 Å². The van der Waals surface area contributed by atoms with Gasteiger partial charge in [-0.15, -0.1) is 0 Å². The lowest BCUT2D eigenvalue weighted by Crippen LogP contribution is -2.31. The van der Waals surface area contributed by atoms with Gasteiger partial charge < -0.3 is 10.1 Å². The van der Waals surface area contributed by atoms with Crippen molar-refractivity contribution >= 4 is 27.6 Å². The smallest absolute Gasteiger partial charge is 0.338 e. The number of hydrogen-bond acceptors (Lipinski definition) is 5. The number of carbonyl (C=O) groups excluding carboxylic acids is 2. The van der Waals surface area contributed by atoms with Crippen molar-refractivity contribution in [1.82, 2.24) is 5.32 Å². The number of hydrogen-bond donors (Lipinski definition) is 1. The Bertz CT molecular complexity index is 1280. The molecule has 1 atom stereocenters. The van der Waals surface area contributed by atoms with Crippen molar-refractivity contribution in [3.05, 3.63) is 95.3 Å². The van der Waals surface area contributed by atoms with E-state index in [2.05, 4.69) is 5.32 Å². The van der Waals surface area contributed by atoms with Gasteiger partial charge in [0.05, 0.1) is 22.2 Å². The molecule has 0 spiro atoms. The van der Waals surface area contributed by atoms with Gasteiger partial charge in [0.15, 0.2) is 6.61 Å². The molecule has 0 aromatic heterocycles. The van der Waals surface area contributed by atoms with Crippen LogP contribution in [0.3, 0.4) is 0 Å². The molecule has 3 aromatic carbocycles. The number of esters is 1. The van der Waals surface area contributed by atoms with Crippen LogP contribution in [0.15, 0.2) is 77.7 Å². The van der Waals surface area contributed by atoms with Gasteiger partial charge in [0.1, 0.15) is 5.82 Å². The van der Waals surface area contributed by atoms with Gasteiger partial charge in [0.25, 0.3) is 15.9 Å². The zero-order valence-electron chi connectivity index (χ0n) is 19.0. The largest absolute Gasteiger partial charge is 0.452 e. The Balaban J connectivity index is 1.64. The van der Waals surface area contributed by atoms with E-state index in [9.17, 15) is 22.4 Å². The molecule has 1 N–H and O–H groups in total. The van der Waals surface area contributed by atoms with Crippen LogP contribution in [0.25, 0.3) is 0 Å². The predicted molar refractivity (Wildman–Crippen MR) is 126 cm³/mol. The van der Waals surface area contributed by atoms with E-state index in [1.165, 1.54) is 43.4 Å². The minimum Gasteiger partial charge on any atom is -0.452 e. The van der Waals surface area contributed by atoms with Gasteiger partial charge in [-0.25, -0.2) is 17.6 Å². The molecule has 0 aliphatic rings. The molecule has 34 heavy (non-hydrogen) atoms. The van der Waals surface area contributed by atoms with Crippen molar-refractivity contribution < 1.29 is 27.1 Å². The number of nitrogens with zero attached hydrogens (tertiary/aromatic N) is 1. The number of ether oxygens (including phenoxy) is 1. The lowest BCUT2D eigenvalue weighted by atomic mass is 10.1. The Labute approximate surface area is 198 Å². The monoisotopic (exact) mass is 484 g/mol. The average molecular weight is 485 g/mol. The summed E-state index contributed by atoms with van der Waals surface area (Å²) in [6, 6.07) is 17.7. The minimum atomic E-state index is -3.92. The quantitative estimate of drug-likeness (QED) is 0.488. The first-order valence-electron chi connectivity index (χ1n) is 10.5. The van der Waals surface area contributed by atoms with Crippen LogP contribution in [0.2, 0.25) is 0 Å². The summed E-state index contributed by atoms with van der Waals surface area (Å²) in [5.74, 6) is -1.77. The number of amides is 1. The molecule has 0 fully saturated rings. The SMILES string of the molecule is Cc1ccc(N(C)S(=O)(=O)c2cccc(C(=O)OCC(=O)N[C@@H](C)c3ccc(F)cc3)c2)cc1. The predicted octanol–water partition coefficient (Wildman–Crippen LogP) is 3.99. The lowest BCUT2D eigenvalue weighted by molar-refractivity contribution is -0.124. The van der Waals surface area contributed by atoms with E-state index in [1.807, 2.05) is 6.92 Å². The third-order valence-electron chi connectivity index (χ3n) is 5.21. The van der Waals surface area contributed by atoms with Crippen molar-refractivity contribution in [3.63, 3.8) is 0 Å². The van der Waals surface area contributed by atoms with Crippen LogP contribution in [0.4, 0.5) is 10.1 Å². The molecule has 0 aliphatic carbocycles. The Kier molecular flexibility index (Phi) is 7.68. The van der Waals surface area contributed by atoms with E-state index in [1.54, 1.807) is 43.3 Å². The first-order valence-corrected chi connectivity index (χ1v) is 11.9. The number of rotatable bonds is 8. The summed E-state index contributed by atoms with van der Waals surface area (Å²) < 4.78 is 45.3. The lowest BCUT2D eigenvalue weighted by Gasteiger charge is -2.20. The molecule has 7 nitrogen and oxygen atoms in total. The molecule has 9 heteroatoms. The fraction of sp³-hybridized carbons (Fsp3) is 0.200. The highest BCUT2D eigenvalue weighted by Crippen LogP contribution is 2.23. The molecule has 0 saturated carbocycles. The van der Waals surface area contributed by atoms with E-state index in [0.717, 1.165) is 9.87 Å². The third kappa shape index (κ3) is 5.99. The summed E-state index contributed by atoms with van der Waals surface area (Å²) in [6.45, 7) is 3.06. The second kappa shape index (κ2) is 10.5. The van der Waals surface area contributed by atoms with Crippen molar-refractivity contribution in [2.45, 2.75) is 24.8 Å². The number of sulfonamides is 1. The first-order chi connectivity index (χ1) is 16.1. The Morgan fingerprint density at radius 3 is 2.32 bits per heavy atom. The third-order valence-corrected chi connectivity index (χ3v) is 6.99. The normalized spacial score (nSPS) is 12.0. The first kappa shape index (κ1) is 24.9. The fourth-order valence-electron chi connectivity index (χ4n) is 3.17. The second-order valence-electron chi connectivity index (χ2n) is 7.75. The van der Waals surface area contributed by atoms with Crippen LogP contribution in [0.1, 0.15) is 34.5 Å². The highest BCUT2D eigenvalue weighted by Gasteiger charge is 2.23. The Morgan fingerprint density at radius 1 is 1.03 bits per heavy atom. The number of carbonyl (C=O) groups is 2. The second-order valence-corrected chi connectivity index (χ2v) is 9.72. The molecule has 0 heterocycles. The van der Waals surface area contributed by atoms with Crippen LogP contribution in [-0.4, -0.2) is 33.9 Å². The summed E-state index contributed by atoms with van der Waals surface area (Å²) in [4.78, 5) is 24.5. The molecule has 0 unspecified atom stereocenters. The molecule has 0 bridgehead atoms. The Hall–Kier alpha value is -3.72. The molecule has 0 aliphatic heterocycles. The number of aryl methyl sites for hydroxylation is 1. The van der Waals surface area contributed by atoms with E-state index in [0.29, 0.717) is 11.3 Å². The maximum absolute atomic E-state index is 13.0. The van der Waals surface area contributed by atoms with Crippen molar-refractivity contribution in [2.75, 3.05) is 18.0 Å². The number of nitrogens with one attached hydrogen (secondary N) is 1. The van der Waals surface area contributed by atoms with Crippen LogP contribution >= 0.6 is 0 Å². The highest BCUT2D eigenvalue weighted by atomic mass is 32.2. The minimum absolute atomic E-state index is 0.00207. The molecular weight excluding hydrogens is 459 g/mol. The average Bonchev–Trinajstić information content (AvgIpc) is 2.83. The summed E-state index contributed by atoms with van der Waals surface area (Å²) in [5, 5.41) is 2.65. The summed E-state index contributed by atoms with van der Waals surface area (Å²) in [5.41, 5.74) is 2.16. The standard InChI is InChI=1S/C25H25FN2O5S/c1-17-7-13-22(14-8-17)28(3)34(31,32)23-6-4-5-20(15-23)25(30)33-16-24(29)27-18(2)19-9-11-21(26)12-10-19/h4-15,18H,16H2,1-3H3,(H,27,29)/t18-/m0/s1. The van der Waals surface area contributed by atoms with E-state index in [4.69, 9.17) is 4.74 Å². The van der Waals surface area contributed by atoms with Crippen LogP contribution in [-0.2, 0) is 19.6 Å². The summed E-state index contributed by atoms with van der Waals surface area (Å²) in [6.07, 6.45) is 0. The van der Waals surface area contributed by atoms with Gasteiger partial charge in [-0.1, -0.05) is 35.9 Å². The fourth-order valence-corrected chi connectivity index (χ4v) is 4.41. The number of anilines is 1. The molecular formula is C25H25FN2O5S. The van der Waals surface area contributed by atoms with Crippen molar-refractivity contribution in [2.24, 2.45) is 0 Å².